The van der Waals surface area contributed by atoms with Crippen LogP contribution in [-0.2, 0) is 13.5 Å². The number of halogens is 1. The highest BCUT2D eigenvalue weighted by molar-refractivity contribution is 9.10. The van der Waals surface area contributed by atoms with Crippen LogP contribution in [0.3, 0.4) is 0 Å². The van der Waals surface area contributed by atoms with Gasteiger partial charge in [-0.1, -0.05) is 12.1 Å². The number of aromatic nitrogens is 2. The number of fused-ring (bicyclic) bond motifs is 1. The van der Waals surface area contributed by atoms with Gasteiger partial charge in [-0.2, -0.15) is 5.10 Å². The molecule has 1 aromatic heterocycles. The summed E-state index contributed by atoms with van der Waals surface area (Å²) in [5.74, 6) is 0. The van der Waals surface area contributed by atoms with E-state index in [9.17, 15) is 0 Å². The van der Waals surface area contributed by atoms with Gasteiger partial charge < -0.3 is 5.32 Å². The molecular formula is C11H14BrN3. The predicted octanol–water partition coefficient (Wildman–Crippen LogP) is 2.10. The number of benzene rings is 1. The fraction of sp³-hybridized carbons (Fsp3) is 0.364. The first-order valence-corrected chi connectivity index (χ1v) is 5.78. The molecule has 0 saturated heterocycles. The average Bonchev–Trinajstić information content (AvgIpc) is 2.53. The standard InChI is InChI=1S/C11H14BrN3/c1-13-7-6-8-4-3-5-9-10(8)11(12)14-15(9)2/h3-5,13H,6-7H2,1-2H3. The Kier molecular flexibility index (Phi) is 3.07. The van der Waals surface area contributed by atoms with Gasteiger partial charge in [0.25, 0.3) is 0 Å². The lowest BCUT2D eigenvalue weighted by Crippen LogP contribution is -2.10. The number of hydrogen-bond acceptors (Lipinski definition) is 2. The summed E-state index contributed by atoms with van der Waals surface area (Å²) in [4.78, 5) is 0. The van der Waals surface area contributed by atoms with Gasteiger partial charge in [0.05, 0.1) is 5.52 Å². The first-order valence-electron chi connectivity index (χ1n) is 4.98. The molecule has 0 spiro atoms. The summed E-state index contributed by atoms with van der Waals surface area (Å²) >= 11 is 3.51. The zero-order valence-corrected chi connectivity index (χ0v) is 10.5. The highest BCUT2D eigenvalue weighted by atomic mass is 79.9. The smallest absolute Gasteiger partial charge is 0.136 e. The molecule has 2 aromatic rings. The van der Waals surface area contributed by atoms with Crippen LogP contribution >= 0.6 is 15.9 Å². The van der Waals surface area contributed by atoms with Gasteiger partial charge in [-0.05, 0) is 47.6 Å². The van der Waals surface area contributed by atoms with E-state index in [2.05, 4.69) is 44.5 Å². The lowest BCUT2D eigenvalue weighted by molar-refractivity contribution is 0.788. The van der Waals surface area contributed by atoms with Crippen LogP contribution in [0.5, 0.6) is 0 Å². The number of nitrogens with one attached hydrogen (secondary N) is 1. The average molecular weight is 268 g/mol. The number of likely N-dealkylation sites (N-methyl/N-ethyl adjacent to an activating group) is 1. The molecule has 0 aliphatic carbocycles. The third-order valence-corrected chi connectivity index (χ3v) is 3.12. The third kappa shape index (κ3) is 1.92. The Morgan fingerprint density at radius 3 is 3.00 bits per heavy atom. The normalized spacial score (nSPS) is 11.1. The fourth-order valence-corrected chi connectivity index (χ4v) is 2.49. The molecular weight excluding hydrogens is 254 g/mol. The number of nitrogens with zero attached hydrogens (tertiary/aromatic N) is 2. The second-order valence-corrected chi connectivity index (χ2v) is 4.33. The van der Waals surface area contributed by atoms with E-state index in [0.29, 0.717) is 0 Å². The molecule has 4 heteroatoms. The van der Waals surface area contributed by atoms with Gasteiger partial charge in [0.15, 0.2) is 0 Å². The van der Waals surface area contributed by atoms with Crippen LogP contribution in [0.4, 0.5) is 0 Å². The molecule has 0 aliphatic rings. The minimum absolute atomic E-state index is 0.937. The molecule has 0 unspecified atom stereocenters. The second-order valence-electron chi connectivity index (χ2n) is 3.58. The van der Waals surface area contributed by atoms with Crippen LogP contribution in [-0.4, -0.2) is 23.4 Å². The maximum Gasteiger partial charge on any atom is 0.136 e. The molecule has 3 nitrogen and oxygen atoms in total. The summed E-state index contributed by atoms with van der Waals surface area (Å²) in [7, 11) is 3.94. The highest BCUT2D eigenvalue weighted by Crippen LogP contribution is 2.26. The first kappa shape index (κ1) is 10.6. The highest BCUT2D eigenvalue weighted by Gasteiger charge is 2.09. The van der Waals surface area contributed by atoms with E-state index in [1.54, 1.807) is 0 Å². The second kappa shape index (κ2) is 4.33. The minimum atomic E-state index is 0.937. The van der Waals surface area contributed by atoms with Gasteiger partial charge in [-0.15, -0.1) is 0 Å². The van der Waals surface area contributed by atoms with Crippen molar-refractivity contribution in [2.45, 2.75) is 6.42 Å². The molecule has 15 heavy (non-hydrogen) atoms. The maximum atomic E-state index is 4.37. The summed E-state index contributed by atoms with van der Waals surface area (Å²) in [6.07, 6.45) is 1.03. The SMILES string of the molecule is CNCCc1cccc2c1c(Br)nn2C. The summed E-state index contributed by atoms with van der Waals surface area (Å²) in [5, 5.41) is 8.77. The van der Waals surface area contributed by atoms with Crippen molar-refractivity contribution in [3.8, 4) is 0 Å². The van der Waals surface area contributed by atoms with E-state index >= 15 is 0 Å². The van der Waals surface area contributed by atoms with Crippen molar-refractivity contribution in [2.24, 2.45) is 7.05 Å². The largest absolute Gasteiger partial charge is 0.319 e. The van der Waals surface area contributed by atoms with Crippen LogP contribution in [0.25, 0.3) is 10.9 Å². The quantitative estimate of drug-likeness (QED) is 0.923. The summed E-state index contributed by atoms with van der Waals surface area (Å²) in [6.45, 7) is 0.987. The van der Waals surface area contributed by atoms with Crippen LogP contribution in [0.1, 0.15) is 5.56 Å². The van der Waals surface area contributed by atoms with E-state index < -0.39 is 0 Å². The Morgan fingerprint density at radius 1 is 1.47 bits per heavy atom. The van der Waals surface area contributed by atoms with E-state index in [0.717, 1.165) is 17.6 Å². The molecule has 2 rings (SSSR count). The minimum Gasteiger partial charge on any atom is -0.319 e. The monoisotopic (exact) mass is 267 g/mol. The van der Waals surface area contributed by atoms with Gasteiger partial charge in [0, 0.05) is 12.4 Å². The molecule has 80 valence electrons. The van der Waals surface area contributed by atoms with Gasteiger partial charge in [-0.25, -0.2) is 0 Å². The summed E-state index contributed by atoms with van der Waals surface area (Å²) in [5.41, 5.74) is 2.51. The lowest BCUT2D eigenvalue weighted by atomic mass is 10.1. The van der Waals surface area contributed by atoms with Crippen LogP contribution in [0, 0.1) is 0 Å². The van der Waals surface area contributed by atoms with Crippen LogP contribution < -0.4 is 5.32 Å². The molecule has 1 aromatic carbocycles. The van der Waals surface area contributed by atoms with E-state index in [-0.39, 0.29) is 0 Å². The van der Waals surface area contributed by atoms with Crippen molar-refractivity contribution in [1.29, 1.82) is 0 Å². The molecule has 0 aliphatic heterocycles. The van der Waals surface area contributed by atoms with Crippen molar-refractivity contribution in [3.63, 3.8) is 0 Å². The molecule has 0 bridgehead atoms. The molecule has 1 N–H and O–H groups in total. The van der Waals surface area contributed by atoms with Gasteiger partial charge in [-0.3, -0.25) is 4.68 Å². The number of hydrogen-bond donors (Lipinski definition) is 1. The van der Waals surface area contributed by atoms with Crippen molar-refractivity contribution in [2.75, 3.05) is 13.6 Å². The number of aryl methyl sites for hydroxylation is 1. The van der Waals surface area contributed by atoms with E-state index in [1.807, 2.05) is 18.8 Å². The Labute approximate surface area is 97.6 Å². The third-order valence-electron chi connectivity index (χ3n) is 2.57. The van der Waals surface area contributed by atoms with Crippen molar-refractivity contribution in [1.82, 2.24) is 15.1 Å². The van der Waals surface area contributed by atoms with Gasteiger partial charge in [0.2, 0.25) is 0 Å². The lowest BCUT2D eigenvalue weighted by Gasteiger charge is -2.03. The Morgan fingerprint density at radius 2 is 2.27 bits per heavy atom. The van der Waals surface area contributed by atoms with Crippen molar-refractivity contribution in [3.05, 3.63) is 28.4 Å². The van der Waals surface area contributed by atoms with Gasteiger partial charge >= 0.3 is 0 Å². The molecule has 0 amide bonds. The fourth-order valence-electron chi connectivity index (χ4n) is 1.80. The predicted molar refractivity (Wildman–Crippen MR) is 66.0 cm³/mol. The first-order chi connectivity index (χ1) is 7.24. The zero-order chi connectivity index (χ0) is 10.8. The summed E-state index contributed by atoms with van der Waals surface area (Å²) < 4.78 is 2.84. The molecule has 1 heterocycles. The van der Waals surface area contributed by atoms with Gasteiger partial charge in [0.1, 0.15) is 4.60 Å². The Hall–Kier alpha value is -0.870. The molecule has 0 saturated carbocycles. The Balaban J connectivity index is 2.54. The molecule has 0 radical (unpaired) electrons. The molecule has 0 atom stereocenters. The zero-order valence-electron chi connectivity index (χ0n) is 8.92. The van der Waals surface area contributed by atoms with E-state index in [4.69, 9.17) is 0 Å². The van der Waals surface area contributed by atoms with Crippen LogP contribution in [0.15, 0.2) is 22.8 Å². The Bertz CT molecular complexity index is 476. The topological polar surface area (TPSA) is 29.9 Å². The van der Waals surface area contributed by atoms with Crippen molar-refractivity contribution >= 4 is 26.8 Å². The van der Waals surface area contributed by atoms with Crippen molar-refractivity contribution < 1.29 is 0 Å². The van der Waals surface area contributed by atoms with Crippen LogP contribution in [0.2, 0.25) is 0 Å². The molecule has 0 fully saturated rings. The maximum absolute atomic E-state index is 4.37. The van der Waals surface area contributed by atoms with E-state index in [1.165, 1.54) is 16.5 Å². The number of rotatable bonds is 3. The summed E-state index contributed by atoms with van der Waals surface area (Å²) in [6, 6.07) is 6.34.